The standard InChI is InChI=1S/C24H28N2O4/c1-24(2)7-6-14-15-10-19(25-8-4-5-9-25)21(30-3)11-16(15)18-12-20(27)17(23(28)29)13-26(18)22(14)24/h10-14,22H,4-9H2,1-3H3,(H,28,29)/t14?,22-/m1/s1. The molecule has 6 nitrogen and oxygen atoms in total. The second-order valence-corrected chi connectivity index (χ2v) is 9.53. The number of carboxylic acid groups (broad SMARTS) is 1. The summed E-state index contributed by atoms with van der Waals surface area (Å²) in [4.78, 5) is 26.6. The Labute approximate surface area is 176 Å². The molecule has 1 N–H and O–H groups in total. The van der Waals surface area contributed by atoms with Gasteiger partial charge in [-0.15, -0.1) is 0 Å². The van der Waals surface area contributed by atoms with Crippen molar-refractivity contribution in [3.05, 3.63) is 45.7 Å². The maximum absolute atomic E-state index is 12.6. The highest BCUT2D eigenvalue weighted by Gasteiger charge is 2.48. The number of methoxy groups -OCH3 is 1. The molecule has 6 heteroatoms. The van der Waals surface area contributed by atoms with Gasteiger partial charge < -0.3 is 19.3 Å². The number of carboxylic acids is 1. The molecule has 30 heavy (non-hydrogen) atoms. The predicted molar refractivity (Wildman–Crippen MR) is 116 cm³/mol. The topological polar surface area (TPSA) is 71.8 Å². The molecule has 2 aliphatic heterocycles. The molecule has 3 heterocycles. The number of nitrogens with zero attached hydrogens (tertiary/aromatic N) is 2. The van der Waals surface area contributed by atoms with Crippen molar-refractivity contribution in [1.82, 2.24) is 4.57 Å². The van der Waals surface area contributed by atoms with E-state index < -0.39 is 11.4 Å². The SMILES string of the molecule is COc1cc2c(cc1N1CCCC1)C1CCC(C)(C)[C@@H]1n1cc(C(=O)O)c(=O)cc1-2. The van der Waals surface area contributed by atoms with Gasteiger partial charge in [-0.3, -0.25) is 4.79 Å². The zero-order valence-electron chi connectivity index (χ0n) is 17.8. The van der Waals surface area contributed by atoms with Gasteiger partial charge in [-0.05, 0) is 48.8 Å². The Kier molecular flexibility index (Phi) is 4.24. The van der Waals surface area contributed by atoms with Gasteiger partial charge in [-0.25, -0.2) is 4.79 Å². The Morgan fingerprint density at radius 2 is 1.93 bits per heavy atom. The predicted octanol–water partition coefficient (Wildman–Crippen LogP) is 4.28. The molecule has 0 radical (unpaired) electrons. The zero-order chi connectivity index (χ0) is 21.2. The van der Waals surface area contributed by atoms with Crippen LogP contribution in [-0.2, 0) is 0 Å². The lowest BCUT2D eigenvalue weighted by atomic mass is 9.77. The first kappa shape index (κ1) is 19.2. The van der Waals surface area contributed by atoms with Crippen molar-refractivity contribution in [2.45, 2.75) is 51.5 Å². The lowest BCUT2D eigenvalue weighted by Gasteiger charge is -2.40. The molecule has 2 atom stereocenters. The van der Waals surface area contributed by atoms with E-state index in [0.717, 1.165) is 48.6 Å². The number of benzene rings is 1. The number of pyridine rings is 1. The van der Waals surface area contributed by atoms with Crippen molar-refractivity contribution >= 4 is 11.7 Å². The van der Waals surface area contributed by atoms with Crippen LogP contribution < -0.4 is 15.1 Å². The summed E-state index contributed by atoms with van der Waals surface area (Å²) in [5.41, 5.74) is 3.58. The quantitative estimate of drug-likeness (QED) is 0.821. The molecular formula is C24H28N2O4. The average Bonchev–Trinajstić information content (AvgIpc) is 3.34. The van der Waals surface area contributed by atoms with Crippen molar-refractivity contribution in [1.29, 1.82) is 0 Å². The molecule has 3 aliphatic rings. The van der Waals surface area contributed by atoms with Crippen LogP contribution in [0.3, 0.4) is 0 Å². The summed E-state index contributed by atoms with van der Waals surface area (Å²) in [6.45, 7) is 6.56. The Balaban J connectivity index is 1.78. The fourth-order valence-corrected chi connectivity index (χ4v) is 5.91. The molecular weight excluding hydrogens is 380 g/mol. The lowest BCUT2D eigenvalue weighted by molar-refractivity contribution is 0.0693. The van der Waals surface area contributed by atoms with Gasteiger partial charge in [0.15, 0.2) is 5.43 Å². The summed E-state index contributed by atoms with van der Waals surface area (Å²) in [7, 11) is 1.69. The molecule has 1 aliphatic carbocycles. The van der Waals surface area contributed by atoms with Crippen LogP contribution in [0.5, 0.6) is 5.75 Å². The Morgan fingerprint density at radius 3 is 2.60 bits per heavy atom. The van der Waals surface area contributed by atoms with Gasteiger partial charge in [0.2, 0.25) is 0 Å². The third-order valence-electron chi connectivity index (χ3n) is 7.36. The third-order valence-corrected chi connectivity index (χ3v) is 7.36. The number of aromatic nitrogens is 1. The van der Waals surface area contributed by atoms with Crippen LogP contribution in [0.4, 0.5) is 5.69 Å². The van der Waals surface area contributed by atoms with E-state index in [4.69, 9.17) is 4.74 Å². The van der Waals surface area contributed by atoms with Crippen molar-refractivity contribution in [2.24, 2.45) is 5.41 Å². The fourth-order valence-electron chi connectivity index (χ4n) is 5.91. The first-order valence-corrected chi connectivity index (χ1v) is 10.8. The molecule has 1 saturated carbocycles. The van der Waals surface area contributed by atoms with Crippen LogP contribution in [0, 0.1) is 5.41 Å². The van der Waals surface area contributed by atoms with E-state index in [1.54, 1.807) is 13.3 Å². The summed E-state index contributed by atoms with van der Waals surface area (Å²) >= 11 is 0. The summed E-state index contributed by atoms with van der Waals surface area (Å²) in [5, 5.41) is 9.53. The molecule has 2 fully saturated rings. The fraction of sp³-hybridized carbons (Fsp3) is 0.500. The molecule has 1 unspecified atom stereocenters. The highest BCUT2D eigenvalue weighted by molar-refractivity contribution is 5.88. The molecule has 5 rings (SSSR count). The van der Waals surface area contributed by atoms with Crippen LogP contribution in [-0.4, -0.2) is 35.8 Å². The molecule has 2 aromatic rings. The van der Waals surface area contributed by atoms with Crippen LogP contribution >= 0.6 is 0 Å². The monoisotopic (exact) mass is 408 g/mol. The normalized spacial score (nSPS) is 23.6. The second kappa shape index (κ2) is 6.62. The maximum Gasteiger partial charge on any atom is 0.341 e. The van der Waals surface area contributed by atoms with Gasteiger partial charge in [0.25, 0.3) is 0 Å². The number of fused-ring (bicyclic) bond motifs is 6. The van der Waals surface area contributed by atoms with Crippen LogP contribution in [0.15, 0.2) is 29.2 Å². The van der Waals surface area contributed by atoms with E-state index in [0.29, 0.717) is 5.92 Å². The van der Waals surface area contributed by atoms with Gasteiger partial charge in [-0.2, -0.15) is 0 Å². The summed E-state index contributed by atoms with van der Waals surface area (Å²) in [5.74, 6) is -0.0676. The van der Waals surface area contributed by atoms with E-state index >= 15 is 0 Å². The summed E-state index contributed by atoms with van der Waals surface area (Å²) < 4.78 is 7.82. The lowest BCUT2D eigenvalue weighted by Crippen LogP contribution is -2.32. The van der Waals surface area contributed by atoms with Crippen molar-refractivity contribution in [3.63, 3.8) is 0 Å². The van der Waals surface area contributed by atoms with Gasteiger partial charge in [0.05, 0.1) is 18.5 Å². The molecule has 0 spiro atoms. The van der Waals surface area contributed by atoms with Crippen LogP contribution in [0.2, 0.25) is 0 Å². The van der Waals surface area contributed by atoms with Crippen LogP contribution in [0.1, 0.15) is 67.4 Å². The molecule has 1 aromatic heterocycles. The van der Waals surface area contributed by atoms with Gasteiger partial charge in [-0.1, -0.05) is 13.8 Å². The van der Waals surface area contributed by atoms with E-state index in [1.165, 1.54) is 24.5 Å². The number of carbonyl (C=O) groups is 1. The highest BCUT2D eigenvalue weighted by atomic mass is 16.5. The second-order valence-electron chi connectivity index (χ2n) is 9.53. The zero-order valence-corrected chi connectivity index (χ0v) is 17.8. The third kappa shape index (κ3) is 2.69. The summed E-state index contributed by atoms with van der Waals surface area (Å²) in [6, 6.07) is 5.95. The minimum Gasteiger partial charge on any atom is -0.495 e. The maximum atomic E-state index is 12.6. The number of aromatic carboxylic acids is 1. The molecule has 158 valence electrons. The van der Waals surface area contributed by atoms with E-state index in [-0.39, 0.29) is 17.0 Å². The minimum atomic E-state index is -1.17. The Bertz CT molecular complexity index is 1100. The van der Waals surface area contributed by atoms with Crippen LogP contribution in [0.25, 0.3) is 11.3 Å². The van der Waals surface area contributed by atoms with E-state index in [2.05, 4.69) is 35.4 Å². The molecule has 1 saturated heterocycles. The first-order chi connectivity index (χ1) is 14.3. The average molecular weight is 408 g/mol. The molecule has 0 amide bonds. The van der Waals surface area contributed by atoms with Gasteiger partial charge >= 0.3 is 5.97 Å². The number of hydrogen-bond donors (Lipinski definition) is 1. The van der Waals surface area contributed by atoms with Gasteiger partial charge in [0.1, 0.15) is 11.3 Å². The van der Waals surface area contributed by atoms with E-state index in [1.807, 2.05) is 0 Å². The Morgan fingerprint density at radius 1 is 1.20 bits per heavy atom. The number of hydrogen-bond acceptors (Lipinski definition) is 4. The highest BCUT2D eigenvalue weighted by Crippen LogP contribution is 2.59. The van der Waals surface area contributed by atoms with Crippen molar-refractivity contribution < 1.29 is 14.6 Å². The molecule has 0 bridgehead atoms. The van der Waals surface area contributed by atoms with E-state index in [9.17, 15) is 14.7 Å². The molecule has 1 aromatic carbocycles. The number of anilines is 1. The number of rotatable bonds is 3. The van der Waals surface area contributed by atoms with Crippen molar-refractivity contribution in [2.75, 3.05) is 25.1 Å². The number of ether oxygens (including phenoxy) is 1. The smallest absolute Gasteiger partial charge is 0.341 e. The largest absolute Gasteiger partial charge is 0.495 e. The van der Waals surface area contributed by atoms with Crippen molar-refractivity contribution in [3.8, 4) is 17.0 Å². The Hall–Kier alpha value is -2.76. The van der Waals surface area contributed by atoms with Gasteiger partial charge in [0, 0.05) is 42.9 Å². The summed E-state index contributed by atoms with van der Waals surface area (Å²) in [6.07, 6.45) is 6.05. The first-order valence-electron chi connectivity index (χ1n) is 10.8. The minimum absolute atomic E-state index is 0.00961.